The van der Waals surface area contributed by atoms with Gasteiger partial charge in [-0.2, -0.15) is 0 Å². The molecule has 84 valence electrons. The third-order valence-electron chi connectivity index (χ3n) is 2.17. The van der Waals surface area contributed by atoms with E-state index in [0.717, 1.165) is 11.4 Å². The average molecular weight is 212 g/mol. The van der Waals surface area contributed by atoms with E-state index < -0.39 is 12.1 Å². The molecule has 0 aliphatic carbocycles. The number of carboxylic acid groups (broad SMARTS) is 1. The van der Waals surface area contributed by atoms with Gasteiger partial charge >= 0.3 is 5.97 Å². The van der Waals surface area contributed by atoms with Gasteiger partial charge in [0.15, 0.2) is 0 Å². The number of aliphatic hydroxyl groups excluding tert-OH is 1. The number of nitrogens with one attached hydrogen (secondary N) is 1. The van der Waals surface area contributed by atoms with Crippen molar-refractivity contribution in [3.8, 4) is 0 Å². The van der Waals surface area contributed by atoms with Crippen molar-refractivity contribution in [3.05, 3.63) is 23.5 Å². The van der Waals surface area contributed by atoms with Gasteiger partial charge in [0.25, 0.3) is 0 Å². The van der Waals surface area contributed by atoms with Gasteiger partial charge in [0.1, 0.15) is 0 Å². The Bertz CT molecular complexity index is 327. The monoisotopic (exact) mass is 212 g/mol. The summed E-state index contributed by atoms with van der Waals surface area (Å²) in [6.07, 6.45) is -1.12. The molecule has 0 saturated carbocycles. The first-order valence-electron chi connectivity index (χ1n) is 4.79. The van der Waals surface area contributed by atoms with E-state index >= 15 is 0 Å². The first kappa shape index (κ1) is 11.6. The molecule has 5 heteroatoms. The second kappa shape index (κ2) is 4.84. The number of rotatable bonds is 5. The maximum atomic E-state index is 10.3. The van der Waals surface area contributed by atoms with Gasteiger partial charge in [-0.05, 0) is 26.0 Å². The highest BCUT2D eigenvalue weighted by atomic mass is 16.4. The Hall–Kier alpha value is -1.49. The minimum Gasteiger partial charge on any atom is -0.481 e. The van der Waals surface area contributed by atoms with E-state index in [-0.39, 0.29) is 13.0 Å². The molecule has 0 aromatic carbocycles. The summed E-state index contributed by atoms with van der Waals surface area (Å²) in [4.78, 5) is 10.3. The fourth-order valence-corrected chi connectivity index (χ4v) is 1.39. The van der Waals surface area contributed by atoms with Gasteiger partial charge in [0.2, 0.25) is 0 Å². The Morgan fingerprint density at radius 1 is 1.47 bits per heavy atom. The van der Waals surface area contributed by atoms with Gasteiger partial charge in [0.05, 0.1) is 19.1 Å². The van der Waals surface area contributed by atoms with E-state index in [1.165, 1.54) is 0 Å². The molecule has 0 fully saturated rings. The van der Waals surface area contributed by atoms with Crippen LogP contribution in [0.3, 0.4) is 0 Å². The Balaban J connectivity index is 2.46. The summed E-state index contributed by atoms with van der Waals surface area (Å²) in [6.45, 7) is 4.09. The highest BCUT2D eigenvalue weighted by molar-refractivity contribution is 5.67. The SMILES string of the molecule is Cc1ccc(C)n1NCC(O)CC(=O)O. The van der Waals surface area contributed by atoms with Crippen LogP contribution in [-0.2, 0) is 4.79 Å². The van der Waals surface area contributed by atoms with Crippen LogP contribution in [0.4, 0.5) is 0 Å². The first-order valence-corrected chi connectivity index (χ1v) is 4.79. The number of carboxylic acids is 1. The predicted molar refractivity (Wildman–Crippen MR) is 56.4 cm³/mol. The van der Waals surface area contributed by atoms with E-state index in [0.29, 0.717) is 0 Å². The number of aromatic nitrogens is 1. The zero-order valence-corrected chi connectivity index (χ0v) is 8.90. The van der Waals surface area contributed by atoms with E-state index in [9.17, 15) is 9.90 Å². The van der Waals surface area contributed by atoms with Crippen molar-refractivity contribution in [2.45, 2.75) is 26.4 Å². The highest BCUT2D eigenvalue weighted by Gasteiger charge is 2.09. The van der Waals surface area contributed by atoms with E-state index in [1.54, 1.807) is 0 Å². The van der Waals surface area contributed by atoms with Crippen LogP contribution in [0, 0.1) is 13.8 Å². The fraction of sp³-hybridized carbons (Fsp3) is 0.500. The van der Waals surface area contributed by atoms with Crippen LogP contribution in [-0.4, -0.2) is 33.5 Å². The Labute approximate surface area is 88.3 Å². The maximum absolute atomic E-state index is 10.3. The topological polar surface area (TPSA) is 74.5 Å². The summed E-state index contributed by atoms with van der Waals surface area (Å²) in [5.74, 6) is -0.995. The molecule has 1 atom stereocenters. The average Bonchev–Trinajstić information content (AvgIpc) is 2.42. The first-order chi connectivity index (χ1) is 7.00. The number of carbonyl (C=O) groups is 1. The molecule has 0 spiro atoms. The van der Waals surface area contributed by atoms with Crippen molar-refractivity contribution < 1.29 is 15.0 Å². The molecular formula is C10H16N2O3. The molecule has 1 aromatic rings. The third-order valence-corrected chi connectivity index (χ3v) is 2.17. The molecule has 0 amide bonds. The molecule has 1 aromatic heterocycles. The van der Waals surface area contributed by atoms with Crippen molar-refractivity contribution >= 4 is 5.97 Å². The van der Waals surface area contributed by atoms with E-state index in [4.69, 9.17) is 5.11 Å². The normalized spacial score (nSPS) is 12.5. The molecule has 1 heterocycles. The van der Waals surface area contributed by atoms with Crippen molar-refractivity contribution in [2.24, 2.45) is 0 Å². The summed E-state index contributed by atoms with van der Waals surface area (Å²) < 4.78 is 1.82. The van der Waals surface area contributed by atoms with Gasteiger partial charge in [0, 0.05) is 11.4 Å². The second-order valence-corrected chi connectivity index (χ2v) is 3.57. The summed E-state index contributed by atoms with van der Waals surface area (Å²) >= 11 is 0. The molecule has 1 unspecified atom stereocenters. The number of nitrogens with zero attached hydrogens (tertiary/aromatic N) is 1. The van der Waals surface area contributed by atoms with Gasteiger partial charge < -0.3 is 15.6 Å². The number of hydrogen-bond acceptors (Lipinski definition) is 3. The molecule has 0 saturated heterocycles. The lowest BCUT2D eigenvalue weighted by Crippen LogP contribution is -2.29. The molecular weight excluding hydrogens is 196 g/mol. The van der Waals surface area contributed by atoms with Crippen LogP contribution >= 0.6 is 0 Å². The predicted octanol–water partition coefficient (Wildman–Crippen LogP) is 0.484. The minimum absolute atomic E-state index is 0.225. The van der Waals surface area contributed by atoms with Crippen molar-refractivity contribution in [2.75, 3.05) is 12.0 Å². The molecule has 0 aliphatic heterocycles. The quantitative estimate of drug-likeness (QED) is 0.663. The summed E-state index contributed by atoms with van der Waals surface area (Å²) in [5.41, 5.74) is 5.02. The molecule has 0 radical (unpaired) electrons. The van der Waals surface area contributed by atoms with Crippen LogP contribution < -0.4 is 5.43 Å². The Kier molecular flexibility index (Phi) is 3.74. The Morgan fingerprint density at radius 2 is 2.00 bits per heavy atom. The lowest BCUT2D eigenvalue weighted by molar-refractivity contribution is -0.138. The molecule has 0 aliphatic rings. The molecule has 1 rings (SSSR count). The summed E-state index contributed by atoms with van der Waals surface area (Å²) in [7, 11) is 0. The van der Waals surface area contributed by atoms with E-state index in [1.807, 2.05) is 30.7 Å². The van der Waals surface area contributed by atoms with Gasteiger partial charge in [-0.15, -0.1) is 0 Å². The van der Waals surface area contributed by atoms with Crippen molar-refractivity contribution in [1.82, 2.24) is 4.68 Å². The molecule has 0 bridgehead atoms. The highest BCUT2D eigenvalue weighted by Crippen LogP contribution is 2.04. The summed E-state index contributed by atoms with van der Waals surface area (Å²) in [6, 6.07) is 3.90. The van der Waals surface area contributed by atoms with Crippen molar-refractivity contribution in [3.63, 3.8) is 0 Å². The summed E-state index contributed by atoms with van der Waals surface area (Å²) in [5, 5.41) is 17.8. The van der Waals surface area contributed by atoms with Crippen LogP contribution in [0.25, 0.3) is 0 Å². The lowest BCUT2D eigenvalue weighted by atomic mass is 10.2. The van der Waals surface area contributed by atoms with Crippen LogP contribution in [0.5, 0.6) is 0 Å². The zero-order chi connectivity index (χ0) is 11.4. The molecule has 15 heavy (non-hydrogen) atoms. The number of aliphatic hydroxyl groups is 1. The molecule has 3 N–H and O–H groups in total. The largest absolute Gasteiger partial charge is 0.481 e. The minimum atomic E-state index is -0.995. The van der Waals surface area contributed by atoms with Gasteiger partial charge in [-0.1, -0.05) is 0 Å². The fourth-order valence-electron chi connectivity index (χ4n) is 1.39. The van der Waals surface area contributed by atoms with Crippen LogP contribution in [0.2, 0.25) is 0 Å². The maximum Gasteiger partial charge on any atom is 0.306 e. The zero-order valence-electron chi connectivity index (χ0n) is 8.90. The number of hydrogen-bond donors (Lipinski definition) is 3. The number of aliphatic carboxylic acids is 1. The van der Waals surface area contributed by atoms with Gasteiger partial charge in [-0.25, -0.2) is 0 Å². The van der Waals surface area contributed by atoms with E-state index in [2.05, 4.69) is 5.43 Å². The Morgan fingerprint density at radius 3 is 2.47 bits per heavy atom. The molecule has 5 nitrogen and oxygen atoms in total. The third kappa shape index (κ3) is 3.28. The number of aryl methyl sites for hydroxylation is 2. The van der Waals surface area contributed by atoms with Gasteiger partial charge in [-0.3, -0.25) is 9.47 Å². The standard InChI is InChI=1S/C10H16N2O3/c1-7-3-4-8(2)12(7)11-6-9(13)5-10(14)15/h3-4,9,11,13H,5-6H2,1-2H3,(H,14,15). The second-order valence-electron chi connectivity index (χ2n) is 3.57. The van der Waals surface area contributed by atoms with Crippen LogP contribution in [0.1, 0.15) is 17.8 Å². The lowest BCUT2D eigenvalue weighted by Gasteiger charge is -2.15. The smallest absolute Gasteiger partial charge is 0.306 e. The van der Waals surface area contributed by atoms with Crippen LogP contribution in [0.15, 0.2) is 12.1 Å². The van der Waals surface area contributed by atoms with Crippen molar-refractivity contribution in [1.29, 1.82) is 0 Å².